The summed E-state index contributed by atoms with van der Waals surface area (Å²) in [7, 11) is 0.756. The van der Waals surface area contributed by atoms with Gasteiger partial charge in [0.2, 0.25) is 0 Å². The number of esters is 2. The minimum Gasteiger partial charge on any atom is -0.468 e. The van der Waals surface area contributed by atoms with Crippen LogP contribution in [0.25, 0.3) is 0 Å². The maximum absolute atomic E-state index is 11.5. The Morgan fingerprint density at radius 2 is 1.50 bits per heavy atom. The molecule has 0 aliphatic heterocycles. The zero-order valence-corrected chi connectivity index (χ0v) is 14.7. The van der Waals surface area contributed by atoms with Gasteiger partial charge in [-0.3, -0.25) is 9.59 Å². The van der Waals surface area contributed by atoms with Crippen molar-refractivity contribution in [3.8, 4) is 0 Å². The summed E-state index contributed by atoms with van der Waals surface area (Å²) in [6.07, 6.45) is 1.01. The van der Waals surface area contributed by atoms with Crippen LogP contribution in [-0.2, 0) is 23.5 Å². The van der Waals surface area contributed by atoms with Crippen LogP contribution in [0.5, 0.6) is 0 Å². The van der Waals surface area contributed by atoms with Crippen LogP contribution < -0.4 is 0 Å². The van der Waals surface area contributed by atoms with Gasteiger partial charge in [0, 0.05) is 6.61 Å². The van der Waals surface area contributed by atoms with Gasteiger partial charge < -0.3 is 13.9 Å². The van der Waals surface area contributed by atoms with E-state index in [-0.39, 0.29) is 5.04 Å². The molecule has 0 N–H and O–H groups in total. The van der Waals surface area contributed by atoms with E-state index in [1.165, 1.54) is 14.2 Å². The van der Waals surface area contributed by atoms with Gasteiger partial charge in [0.1, 0.15) is 0 Å². The molecule has 0 saturated heterocycles. The molecule has 0 radical (unpaired) electrons. The van der Waals surface area contributed by atoms with Crippen molar-refractivity contribution in [1.29, 1.82) is 0 Å². The van der Waals surface area contributed by atoms with Crippen molar-refractivity contribution >= 4 is 20.3 Å². The van der Waals surface area contributed by atoms with Crippen LogP contribution in [-0.4, -0.2) is 41.1 Å². The summed E-state index contributed by atoms with van der Waals surface area (Å²) >= 11 is 0. The fourth-order valence-electron chi connectivity index (χ4n) is 1.45. The van der Waals surface area contributed by atoms with Crippen molar-refractivity contribution in [3.05, 3.63) is 0 Å². The molecular weight excluding hydrogens is 276 g/mol. The van der Waals surface area contributed by atoms with E-state index in [9.17, 15) is 9.59 Å². The van der Waals surface area contributed by atoms with E-state index in [1.54, 1.807) is 0 Å². The van der Waals surface area contributed by atoms with Crippen LogP contribution >= 0.6 is 0 Å². The van der Waals surface area contributed by atoms with Gasteiger partial charge in [0.25, 0.3) is 0 Å². The van der Waals surface area contributed by atoms with E-state index >= 15 is 0 Å². The number of ether oxygens (including phenoxy) is 2. The van der Waals surface area contributed by atoms with Gasteiger partial charge in [-0.05, 0) is 31.0 Å². The molecule has 0 aromatic rings. The van der Waals surface area contributed by atoms with Crippen LogP contribution in [0.3, 0.4) is 0 Å². The predicted octanol–water partition coefficient (Wildman–Crippen LogP) is 2.75. The molecule has 0 heterocycles. The number of methoxy groups -OCH3 is 2. The van der Waals surface area contributed by atoms with E-state index in [0.29, 0.717) is 19.4 Å². The van der Waals surface area contributed by atoms with E-state index in [4.69, 9.17) is 4.43 Å². The highest BCUT2D eigenvalue weighted by Crippen LogP contribution is 2.36. The molecule has 0 aromatic heterocycles. The first-order valence-corrected chi connectivity index (χ1v) is 9.77. The third-order valence-corrected chi connectivity index (χ3v) is 8.42. The van der Waals surface area contributed by atoms with Crippen LogP contribution in [0.1, 0.15) is 33.6 Å². The van der Waals surface area contributed by atoms with E-state index in [1.807, 2.05) is 0 Å². The van der Waals surface area contributed by atoms with E-state index in [2.05, 4.69) is 43.3 Å². The number of hydrogen-bond donors (Lipinski definition) is 0. The first-order valence-electron chi connectivity index (χ1n) is 6.86. The molecule has 118 valence electrons. The van der Waals surface area contributed by atoms with Crippen molar-refractivity contribution < 1.29 is 23.5 Å². The smallest absolute Gasteiger partial charge is 0.320 e. The van der Waals surface area contributed by atoms with Crippen molar-refractivity contribution in [2.45, 2.75) is 51.7 Å². The molecule has 0 rings (SSSR count). The van der Waals surface area contributed by atoms with Crippen molar-refractivity contribution in [2.24, 2.45) is 5.92 Å². The Hall–Kier alpha value is -0.883. The predicted molar refractivity (Wildman–Crippen MR) is 79.9 cm³/mol. The van der Waals surface area contributed by atoms with Crippen LogP contribution in [0.15, 0.2) is 0 Å². The fourth-order valence-corrected chi connectivity index (χ4v) is 2.54. The van der Waals surface area contributed by atoms with Gasteiger partial charge in [-0.25, -0.2) is 0 Å². The Bertz CT molecular complexity index is 317. The summed E-state index contributed by atoms with van der Waals surface area (Å²) in [5.41, 5.74) is 0. The number of hydrogen-bond acceptors (Lipinski definition) is 5. The summed E-state index contributed by atoms with van der Waals surface area (Å²) < 4.78 is 15.2. The highest BCUT2D eigenvalue weighted by molar-refractivity contribution is 6.74. The van der Waals surface area contributed by atoms with Gasteiger partial charge in [-0.2, -0.15) is 0 Å². The standard InChI is InChI=1S/C14H28O5Si/c1-14(2,3)20(6,7)19-10-8-9-11(12(15)17-4)13(16)18-5/h11H,8-10H2,1-7H3. The minimum atomic E-state index is -1.78. The second-order valence-electron chi connectivity index (χ2n) is 6.35. The topological polar surface area (TPSA) is 61.8 Å². The van der Waals surface area contributed by atoms with Gasteiger partial charge in [-0.1, -0.05) is 20.8 Å². The molecule has 0 aliphatic carbocycles. The Morgan fingerprint density at radius 3 is 1.85 bits per heavy atom. The fraction of sp³-hybridized carbons (Fsp3) is 0.857. The maximum Gasteiger partial charge on any atom is 0.320 e. The van der Waals surface area contributed by atoms with Crippen LogP contribution in [0.4, 0.5) is 0 Å². The summed E-state index contributed by atoms with van der Waals surface area (Å²) in [4.78, 5) is 23.0. The van der Waals surface area contributed by atoms with Crippen LogP contribution in [0, 0.1) is 5.92 Å². The number of rotatable bonds is 7. The van der Waals surface area contributed by atoms with Gasteiger partial charge in [0.15, 0.2) is 14.2 Å². The molecule has 20 heavy (non-hydrogen) atoms. The zero-order valence-electron chi connectivity index (χ0n) is 13.7. The molecule has 0 spiro atoms. The van der Waals surface area contributed by atoms with Crippen molar-refractivity contribution in [2.75, 3.05) is 20.8 Å². The van der Waals surface area contributed by atoms with E-state index in [0.717, 1.165) is 0 Å². The van der Waals surface area contributed by atoms with Gasteiger partial charge in [-0.15, -0.1) is 0 Å². The zero-order chi connectivity index (χ0) is 16.0. The van der Waals surface area contributed by atoms with Crippen molar-refractivity contribution in [1.82, 2.24) is 0 Å². The summed E-state index contributed by atoms with van der Waals surface area (Å²) in [6, 6.07) is 0. The molecular formula is C14H28O5Si. The van der Waals surface area contributed by atoms with E-state index < -0.39 is 26.2 Å². The third-order valence-electron chi connectivity index (χ3n) is 3.88. The summed E-state index contributed by atoms with van der Waals surface area (Å²) in [6.45, 7) is 11.4. The second-order valence-corrected chi connectivity index (χ2v) is 11.2. The molecule has 0 saturated carbocycles. The first kappa shape index (κ1) is 19.1. The molecule has 0 amide bonds. The Morgan fingerprint density at radius 1 is 1.05 bits per heavy atom. The lowest BCUT2D eigenvalue weighted by molar-refractivity contribution is -0.159. The highest BCUT2D eigenvalue weighted by Gasteiger charge is 2.37. The molecule has 0 bridgehead atoms. The molecule has 0 aromatic carbocycles. The first-order chi connectivity index (χ1) is 9.06. The highest BCUT2D eigenvalue weighted by atomic mass is 28.4. The lowest BCUT2D eigenvalue weighted by atomic mass is 10.0. The number of carbonyl (C=O) groups excluding carboxylic acids is 2. The van der Waals surface area contributed by atoms with Crippen LogP contribution in [0.2, 0.25) is 18.1 Å². The maximum atomic E-state index is 11.5. The molecule has 6 heteroatoms. The largest absolute Gasteiger partial charge is 0.468 e. The lowest BCUT2D eigenvalue weighted by Gasteiger charge is -2.36. The quantitative estimate of drug-likeness (QED) is 0.313. The summed E-state index contributed by atoms with van der Waals surface area (Å²) in [5.74, 6) is -1.96. The van der Waals surface area contributed by atoms with Gasteiger partial charge in [0.05, 0.1) is 14.2 Å². The van der Waals surface area contributed by atoms with Crippen molar-refractivity contribution in [3.63, 3.8) is 0 Å². The summed E-state index contributed by atoms with van der Waals surface area (Å²) in [5, 5.41) is 0.150. The number of carbonyl (C=O) groups is 2. The average Bonchev–Trinajstić information content (AvgIpc) is 2.35. The molecule has 0 fully saturated rings. The molecule has 5 nitrogen and oxygen atoms in total. The minimum absolute atomic E-state index is 0.150. The Kier molecular flexibility index (Phi) is 7.44. The monoisotopic (exact) mass is 304 g/mol. The lowest BCUT2D eigenvalue weighted by Crippen LogP contribution is -2.41. The molecule has 0 atom stereocenters. The van der Waals surface area contributed by atoms with Gasteiger partial charge >= 0.3 is 11.9 Å². The molecule has 0 aliphatic rings. The Labute approximate surface area is 123 Å². The molecule has 0 unspecified atom stereocenters. The SMILES string of the molecule is COC(=O)C(CCCO[Si](C)(C)C(C)(C)C)C(=O)OC. The third kappa shape index (κ3) is 5.62. The normalized spacial score (nSPS) is 12.4. The Balaban J connectivity index is 4.33. The average molecular weight is 304 g/mol. The second kappa shape index (κ2) is 7.78.